The van der Waals surface area contributed by atoms with E-state index in [1.807, 2.05) is 38.1 Å². The number of hydrogen-bond donors (Lipinski definition) is 0. The Hall–Kier alpha value is -1.96. The average molecular weight is 238 g/mol. The summed E-state index contributed by atoms with van der Waals surface area (Å²) in [5.74, 6) is 0.0924. The van der Waals surface area contributed by atoms with E-state index in [0.717, 1.165) is 0 Å². The zero-order valence-electron chi connectivity index (χ0n) is 10.4. The van der Waals surface area contributed by atoms with Crippen molar-refractivity contribution in [1.29, 1.82) is 0 Å². The lowest BCUT2D eigenvalue weighted by atomic mass is 9.72. The van der Waals surface area contributed by atoms with Crippen molar-refractivity contribution in [3.8, 4) is 0 Å². The van der Waals surface area contributed by atoms with Crippen molar-refractivity contribution in [2.45, 2.75) is 13.8 Å². The maximum Gasteiger partial charge on any atom is 0.190 e. The molecule has 0 aromatic heterocycles. The van der Waals surface area contributed by atoms with E-state index in [1.165, 1.54) is 0 Å². The van der Waals surface area contributed by atoms with Gasteiger partial charge in [-0.2, -0.15) is 0 Å². The van der Waals surface area contributed by atoms with Gasteiger partial charge < -0.3 is 0 Å². The van der Waals surface area contributed by atoms with Crippen LogP contribution in [-0.2, 0) is 0 Å². The van der Waals surface area contributed by atoms with Crippen LogP contribution in [0.3, 0.4) is 0 Å². The molecule has 0 radical (unpaired) electrons. The molecule has 2 aliphatic carbocycles. The molecule has 0 saturated heterocycles. The fourth-order valence-electron chi connectivity index (χ4n) is 2.84. The molecule has 1 aromatic carbocycles. The molecule has 90 valence electrons. The lowest BCUT2D eigenvalue weighted by Crippen LogP contribution is -2.29. The maximum absolute atomic E-state index is 12.5. The second-order valence-electron chi connectivity index (χ2n) is 4.99. The summed E-state index contributed by atoms with van der Waals surface area (Å²) >= 11 is 0. The van der Waals surface area contributed by atoms with Crippen LogP contribution in [0.5, 0.6) is 0 Å². The number of hydrogen-bond acceptors (Lipinski definition) is 2. The Morgan fingerprint density at radius 2 is 1.17 bits per heavy atom. The molecular weight excluding hydrogens is 224 g/mol. The zero-order chi connectivity index (χ0) is 12.9. The molecular formula is C16H14O2. The van der Waals surface area contributed by atoms with E-state index in [-0.39, 0.29) is 23.4 Å². The smallest absolute Gasteiger partial charge is 0.190 e. The number of allylic oxidation sites excluding steroid dienone is 4. The number of benzene rings is 1. The maximum atomic E-state index is 12.5. The first-order valence-corrected chi connectivity index (χ1v) is 6.22. The predicted molar refractivity (Wildman–Crippen MR) is 69.6 cm³/mol. The van der Waals surface area contributed by atoms with Crippen molar-refractivity contribution >= 4 is 11.6 Å². The third-order valence-corrected chi connectivity index (χ3v) is 3.79. The quantitative estimate of drug-likeness (QED) is 0.650. The fraction of sp³-hybridized carbons (Fsp3) is 0.250. The SMILES string of the molecule is C[C@@H]1C=C[C@@H](C)C2=C1C(=O)c1ccccc1C2=O. The van der Waals surface area contributed by atoms with E-state index in [9.17, 15) is 9.59 Å². The van der Waals surface area contributed by atoms with Crippen LogP contribution in [-0.4, -0.2) is 11.6 Å². The minimum absolute atomic E-state index is 0.0175. The molecule has 0 aliphatic heterocycles. The van der Waals surface area contributed by atoms with Gasteiger partial charge in [0.15, 0.2) is 11.6 Å². The van der Waals surface area contributed by atoms with E-state index >= 15 is 0 Å². The van der Waals surface area contributed by atoms with Gasteiger partial charge in [0.25, 0.3) is 0 Å². The highest BCUT2D eigenvalue weighted by Gasteiger charge is 2.36. The van der Waals surface area contributed by atoms with Gasteiger partial charge in [0.05, 0.1) is 0 Å². The van der Waals surface area contributed by atoms with Gasteiger partial charge in [0.2, 0.25) is 0 Å². The van der Waals surface area contributed by atoms with Gasteiger partial charge in [-0.15, -0.1) is 0 Å². The van der Waals surface area contributed by atoms with Crippen LogP contribution in [0.15, 0.2) is 47.6 Å². The van der Waals surface area contributed by atoms with Crippen molar-refractivity contribution in [2.24, 2.45) is 11.8 Å². The summed E-state index contributed by atoms with van der Waals surface area (Å²) in [6.07, 6.45) is 4.03. The van der Waals surface area contributed by atoms with Gasteiger partial charge in [0.1, 0.15) is 0 Å². The molecule has 0 fully saturated rings. The van der Waals surface area contributed by atoms with Gasteiger partial charge in [-0.25, -0.2) is 0 Å². The summed E-state index contributed by atoms with van der Waals surface area (Å²) in [6.45, 7) is 3.94. The molecule has 2 heteroatoms. The van der Waals surface area contributed by atoms with Crippen LogP contribution in [0.25, 0.3) is 0 Å². The Morgan fingerprint density at radius 1 is 0.778 bits per heavy atom. The molecule has 0 heterocycles. The monoisotopic (exact) mass is 238 g/mol. The Morgan fingerprint density at radius 3 is 1.56 bits per heavy atom. The lowest BCUT2D eigenvalue weighted by molar-refractivity contribution is 0.0961. The van der Waals surface area contributed by atoms with Gasteiger partial charge in [-0.1, -0.05) is 50.3 Å². The number of carbonyl (C=O) groups excluding carboxylic acids is 2. The Balaban J connectivity index is 2.27. The Kier molecular flexibility index (Phi) is 2.34. The van der Waals surface area contributed by atoms with Gasteiger partial charge in [-0.05, 0) is 0 Å². The van der Waals surface area contributed by atoms with Crippen molar-refractivity contribution < 1.29 is 9.59 Å². The fourth-order valence-corrected chi connectivity index (χ4v) is 2.84. The van der Waals surface area contributed by atoms with Gasteiger partial charge >= 0.3 is 0 Å². The van der Waals surface area contributed by atoms with Crippen LogP contribution in [0, 0.1) is 11.8 Å². The number of ketones is 2. The molecule has 0 N–H and O–H groups in total. The molecule has 0 unspecified atom stereocenters. The summed E-state index contributed by atoms with van der Waals surface area (Å²) < 4.78 is 0. The molecule has 1 aromatic rings. The van der Waals surface area contributed by atoms with E-state index in [4.69, 9.17) is 0 Å². The van der Waals surface area contributed by atoms with Crippen LogP contribution < -0.4 is 0 Å². The summed E-state index contributed by atoms with van der Waals surface area (Å²) in [5.41, 5.74) is 2.48. The minimum Gasteiger partial charge on any atom is -0.289 e. The molecule has 0 saturated carbocycles. The van der Waals surface area contributed by atoms with E-state index in [1.54, 1.807) is 12.1 Å². The van der Waals surface area contributed by atoms with Gasteiger partial charge in [0, 0.05) is 34.1 Å². The summed E-state index contributed by atoms with van der Waals surface area (Å²) in [7, 11) is 0. The van der Waals surface area contributed by atoms with Crippen molar-refractivity contribution in [3.05, 3.63) is 58.7 Å². The third-order valence-electron chi connectivity index (χ3n) is 3.79. The molecule has 2 atom stereocenters. The van der Waals surface area contributed by atoms with Crippen LogP contribution in [0.2, 0.25) is 0 Å². The highest BCUT2D eigenvalue weighted by atomic mass is 16.1. The molecule has 3 rings (SSSR count). The second kappa shape index (κ2) is 3.77. The first-order chi connectivity index (χ1) is 8.61. The molecule has 2 nitrogen and oxygen atoms in total. The first-order valence-electron chi connectivity index (χ1n) is 6.22. The van der Waals surface area contributed by atoms with Crippen molar-refractivity contribution in [2.75, 3.05) is 0 Å². The van der Waals surface area contributed by atoms with Crippen LogP contribution in [0.4, 0.5) is 0 Å². The average Bonchev–Trinajstić information content (AvgIpc) is 2.38. The number of rotatable bonds is 0. The predicted octanol–water partition coefficient (Wildman–Crippen LogP) is 3.20. The number of carbonyl (C=O) groups is 2. The molecule has 18 heavy (non-hydrogen) atoms. The van der Waals surface area contributed by atoms with Crippen LogP contribution >= 0.6 is 0 Å². The van der Waals surface area contributed by atoms with E-state index < -0.39 is 0 Å². The first kappa shape index (κ1) is 11.1. The molecule has 0 bridgehead atoms. The normalized spacial score (nSPS) is 26.1. The highest BCUT2D eigenvalue weighted by Crippen LogP contribution is 2.37. The largest absolute Gasteiger partial charge is 0.289 e. The zero-order valence-corrected chi connectivity index (χ0v) is 10.4. The van der Waals surface area contributed by atoms with Gasteiger partial charge in [-0.3, -0.25) is 9.59 Å². The standard InChI is InChI=1S/C16H14O2/c1-9-7-8-10(2)14-13(9)15(17)11-5-3-4-6-12(11)16(14)18/h3-10H,1-2H3/t9-,10-/m1/s1. The molecule has 0 spiro atoms. The molecule has 2 aliphatic rings. The Labute approximate surface area is 106 Å². The number of Topliss-reactive ketones (excluding diaryl/α,β-unsaturated/α-hetero) is 2. The molecule has 0 amide bonds. The Bertz CT molecular complexity index is 567. The highest BCUT2D eigenvalue weighted by molar-refractivity contribution is 6.27. The number of fused-ring (bicyclic) bond motifs is 1. The van der Waals surface area contributed by atoms with Crippen molar-refractivity contribution in [1.82, 2.24) is 0 Å². The summed E-state index contributed by atoms with van der Waals surface area (Å²) in [5, 5.41) is 0. The topological polar surface area (TPSA) is 34.1 Å². The summed E-state index contributed by atoms with van der Waals surface area (Å²) in [4.78, 5) is 25.0. The lowest BCUT2D eigenvalue weighted by Gasteiger charge is -2.29. The van der Waals surface area contributed by atoms with Crippen molar-refractivity contribution in [3.63, 3.8) is 0 Å². The third kappa shape index (κ3) is 1.35. The summed E-state index contributed by atoms with van der Waals surface area (Å²) in [6, 6.07) is 7.11. The van der Waals surface area contributed by atoms with E-state index in [0.29, 0.717) is 22.3 Å². The second-order valence-corrected chi connectivity index (χ2v) is 4.99. The van der Waals surface area contributed by atoms with Crippen LogP contribution in [0.1, 0.15) is 34.6 Å². The van der Waals surface area contributed by atoms with E-state index in [2.05, 4.69) is 0 Å². The minimum atomic E-state index is 0.0175.